The highest BCUT2D eigenvalue weighted by atomic mass is 19.4. The first-order valence-corrected chi connectivity index (χ1v) is 8.49. The molecule has 1 atom stereocenters. The Bertz CT molecular complexity index is 871. The van der Waals surface area contributed by atoms with Crippen LogP contribution < -0.4 is 10.5 Å². The van der Waals surface area contributed by atoms with Gasteiger partial charge in [-0.15, -0.1) is 0 Å². The Balaban J connectivity index is 1.69. The molecule has 2 aromatic heterocycles. The quantitative estimate of drug-likeness (QED) is 0.839. The second-order valence-electron chi connectivity index (χ2n) is 6.25. The Morgan fingerprint density at radius 1 is 1.25 bits per heavy atom. The van der Waals surface area contributed by atoms with E-state index in [-0.39, 0.29) is 29.7 Å². The minimum Gasteiger partial charge on any atom is -0.489 e. The van der Waals surface area contributed by atoms with Crippen molar-refractivity contribution in [3.05, 3.63) is 53.6 Å². The Kier molecular flexibility index (Phi) is 5.48. The van der Waals surface area contributed by atoms with Crippen molar-refractivity contribution in [3.8, 4) is 5.75 Å². The Morgan fingerprint density at radius 3 is 2.68 bits per heavy atom. The van der Waals surface area contributed by atoms with Crippen molar-refractivity contribution in [1.29, 1.82) is 0 Å². The summed E-state index contributed by atoms with van der Waals surface area (Å²) in [4.78, 5) is 32.8. The van der Waals surface area contributed by atoms with Crippen LogP contribution in [0.3, 0.4) is 0 Å². The molecule has 3 heterocycles. The second kappa shape index (κ2) is 7.83. The topological polar surface area (TPSA) is 98.4 Å². The van der Waals surface area contributed by atoms with Gasteiger partial charge in [0.2, 0.25) is 0 Å². The van der Waals surface area contributed by atoms with Crippen molar-refractivity contribution in [3.63, 3.8) is 0 Å². The first-order valence-electron chi connectivity index (χ1n) is 8.49. The van der Waals surface area contributed by atoms with Crippen molar-refractivity contribution in [2.45, 2.75) is 25.1 Å². The molecule has 7 nitrogen and oxygen atoms in total. The van der Waals surface area contributed by atoms with Crippen molar-refractivity contribution in [2.24, 2.45) is 5.73 Å². The normalized spacial score (nSPS) is 16.8. The first-order chi connectivity index (χ1) is 13.3. The third kappa shape index (κ3) is 4.21. The number of hydrogen-bond donors (Lipinski definition) is 1. The maximum Gasteiger partial charge on any atom is 0.433 e. The standard InChI is InChI=1S/C18H17F3N4O3/c19-18(20,21)14-6-5-11(9-24-14)17(27)25-8-2-3-12(25)10-28-13-4-1-7-23-15(13)16(22)26/h1,4-7,9,12H,2-3,8,10H2,(H2,22,26). The average molecular weight is 394 g/mol. The van der Waals surface area contributed by atoms with E-state index in [2.05, 4.69) is 9.97 Å². The van der Waals surface area contributed by atoms with Crippen LogP contribution in [0.4, 0.5) is 13.2 Å². The number of carbonyl (C=O) groups excluding carboxylic acids is 2. The summed E-state index contributed by atoms with van der Waals surface area (Å²) in [7, 11) is 0. The van der Waals surface area contributed by atoms with Gasteiger partial charge in [0.05, 0.1) is 11.6 Å². The van der Waals surface area contributed by atoms with Crippen LogP contribution in [0.5, 0.6) is 5.75 Å². The van der Waals surface area contributed by atoms with Crippen LogP contribution >= 0.6 is 0 Å². The Labute approximate surface area is 158 Å². The lowest BCUT2D eigenvalue weighted by atomic mass is 10.2. The summed E-state index contributed by atoms with van der Waals surface area (Å²) in [5.74, 6) is -0.940. The average Bonchev–Trinajstić information content (AvgIpc) is 3.14. The molecule has 28 heavy (non-hydrogen) atoms. The molecule has 1 unspecified atom stereocenters. The highest BCUT2D eigenvalue weighted by Gasteiger charge is 2.34. The highest BCUT2D eigenvalue weighted by molar-refractivity contribution is 5.94. The predicted molar refractivity (Wildman–Crippen MR) is 91.5 cm³/mol. The fourth-order valence-corrected chi connectivity index (χ4v) is 3.01. The van der Waals surface area contributed by atoms with Crippen LogP contribution in [0.15, 0.2) is 36.7 Å². The Hall–Kier alpha value is -3.17. The molecule has 2 N–H and O–H groups in total. The van der Waals surface area contributed by atoms with E-state index in [4.69, 9.17) is 10.5 Å². The monoisotopic (exact) mass is 394 g/mol. The fraction of sp³-hybridized carbons (Fsp3) is 0.333. The van der Waals surface area contributed by atoms with Gasteiger partial charge in [0.25, 0.3) is 11.8 Å². The van der Waals surface area contributed by atoms with Crippen LogP contribution in [0.25, 0.3) is 0 Å². The van der Waals surface area contributed by atoms with Gasteiger partial charge in [-0.3, -0.25) is 14.6 Å². The molecule has 0 radical (unpaired) electrons. The van der Waals surface area contributed by atoms with Crippen molar-refractivity contribution >= 4 is 11.8 Å². The number of nitrogens with two attached hydrogens (primary N) is 1. The highest BCUT2D eigenvalue weighted by Crippen LogP contribution is 2.28. The number of carbonyl (C=O) groups is 2. The van der Waals surface area contributed by atoms with E-state index in [1.807, 2.05) is 0 Å². The number of pyridine rings is 2. The lowest BCUT2D eigenvalue weighted by Gasteiger charge is -2.25. The van der Waals surface area contributed by atoms with Gasteiger partial charge in [-0.25, -0.2) is 4.98 Å². The van der Waals surface area contributed by atoms with Crippen LogP contribution in [-0.4, -0.2) is 45.9 Å². The fourth-order valence-electron chi connectivity index (χ4n) is 3.01. The van der Waals surface area contributed by atoms with Crippen LogP contribution in [0, 0.1) is 0 Å². The maximum atomic E-state index is 12.7. The van der Waals surface area contributed by atoms with E-state index in [0.717, 1.165) is 24.8 Å². The van der Waals surface area contributed by atoms with E-state index in [1.54, 1.807) is 12.1 Å². The van der Waals surface area contributed by atoms with E-state index in [9.17, 15) is 22.8 Å². The Morgan fingerprint density at radius 2 is 2.04 bits per heavy atom. The number of hydrogen-bond acceptors (Lipinski definition) is 5. The molecular weight excluding hydrogens is 377 g/mol. The molecule has 0 saturated carbocycles. The van der Waals surface area contributed by atoms with E-state index in [1.165, 1.54) is 11.1 Å². The second-order valence-corrected chi connectivity index (χ2v) is 6.25. The maximum absolute atomic E-state index is 12.7. The lowest BCUT2D eigenvalue weighted by Crippen LogP contribution is -2.39. The summed E-state index contributed by atoms with van der Waals surface area (Å²) < 4.78 is 43.5. The zero-order valence-corrected chi connectivity index (χ0v) is 14.6. The van der Waals surface area contributed by atoms with Gasteiger partial charge in [-0.1, -0.05) is 0 Å². The van der Waals surface area contributed by atoms with E-state index >= 15 is 0 Å². The number of halogens is 3. The first kappa shape index (κ1) is 19.6. The molecule has 0 spiro atoms. The molecule has 0 aromatic carbocycles. The molecule has 148 valence electrons. The van der Waals surface area contributed by atoms with E-state index in [0.29, 0.717) is 13.0 Å². The van der Waals surface area contributed by atoms with E-state index < -0.39 is 23.7 Å². The van der Waals surface area contributed by atoms with Crippen LogP contribution in [-0.2, 0) is 6.18 Å². The number of nitrogens with zero attached hydrogens (tertiary/aromatic N) is 3. The van der Waals surface area contributed by atoms with Gasteiger partial charge in [0.15, 0.2) is 11.4 Å². The molecule has 2 amide bonds. The van der Waals surface area contributed by atoms with Gasteiger partial charge >= 0.3 is 6.18 Å². The molecule has 1 saturated heterocycles. The lowest BCUT2D eigenvalue weighted by molar-refractivity contribution is -0.141. The van der Waals surface area contributed by atoms with Crippen molar-refractivity contribution < 1.29 is 27.5 Å². The SMILES string of the molecule is NC(=O)c1ncccc1OCC1CCCN1C(=O)c1ccc(C(F)(F)F)nc1. The molecule has 1 aliphatic rings. The number of aromatic nitrogens is 2. The third-order valence-corrected chi connectivity index (χ3v) is 4.37. The van der Waals surface area contributed by atoms with Gasteiger partial charge in [0.1, 0.15) is 12.3 Å². The van der Waals surface area contributed by atoms with Crippen molar-refractivity contribution in [2.75, 3.05) is 13.2 Å². The summed E-state index contributed by atoms with van der Waals surface area (Å²) in [5, 5.41) is 0. The zero-order chi connectivity index (χ0) is 20.3. The largest absolute Gasteiger partial charge is 0.489 e. The number of likely N-dealkylation sites (tertiary alicyclic amines) is 1. The van der Waals surface area contributed by atoms with Crippen molar-refractivity contribution in [1.82, 2.24) is 14.9 Å². The van der Waals surface area contributed by atoms with Crippen LogP contribution in [0.1, 0.15) is 39.4 Å². The molecule has 1 fully saturated rings. The molecule has 2 aromatic rings. The number of rotatable bonds is 5. The van der Waals surface area contributed by atoms with Gasteiger partial charge in [0, 0.05) is 18.9 Å². The zero-order valence-electron chi connectivity index (χ0n) is 14.6. The molecule has 0 aliphatic carbocycles. The molecule has 1 aliphatic heterocycles. The molecule has 0 bridgehead atoms. The van der Waals surface area contributed by atoms with Gasteiger partial charge in [-0.2, -0.15) is 13.2 Å². The molecule has 10 heteroatoms. The predicted octanol–water partition coefficient (Wildman–Crippen LogP) is 2.28. The molecule has 3 rings (SSSR count). The number of alkyl halides is 3. The summed E-state index contributed by atoms with van der Waals surface area (Å²) in [5.41, 5.74) is 4.26. The summed E-state index contributed by atoms with van der Waals surface area (Å²) in [6, 6.07) is 4.74. The minimum atomic E-state index is -4.56. The van der Waals surface area contributed by atoms with Crippen LogP contribution in [0.2, 0.25) is 0 Å². The number of ether oxygens (including phenoxy) is 1. The number of amides is 2. The minimum absolute atomic E-state index is 0.00897. The summed E-state index contributed by atoms with van der Waals surface area (Å²) in [6.45, 7) is 0.551. The summed E-state index contributed by atoms with van der Waals surface area (Å²) >= 11 is 0. The van der Waals surface area contributed by atoms with Gasteiger partial charge in [-0.05, 0) is 37.1 Å². The summed E-state index contributed by atoms with van der Waals surface area (Å²) in [6.07, 6.45) is -0.841. The van der Waals surface area contributed by atoms with Gasteiger partial charge < -0.3 is 15.4 Å². The smallest absolute Gasteiger partial charge is 0.433 e. The third-order valence-electron chi connectivity index (χ3n) is 4.37. The molecular formula is C18H17F3N4O3. The number of primary amides is 1.